The molecule has 0 atom stereocenters. The molecule has 5 heteroatoms. The van der Waals surface area contributed by atoms with Crippen LogP contribution in [0.1, 0.15) is 23.6 Å². The van der Waals surface area contributed by atoms with Gasteiger partial charge in [0.1, 0.15) is 0 Å². The van der Waals surface area contributed by atoms with Gasteiger partial charge in [-0.05, 0) is 31.6 Å². The second kappa shape index (κ2) is 5.93. The monoisotopic (exact) mass is 270 g/mol. The van der Waals surface area contributed by atoms with Crippen LogP contribution in [0.25, 0.3) is 0 Å². The predicted molar refractivity (Wildman–Crippen MR) is 69.9 cm³/mol. The predicted octanol–water partition coefficient (Wildman–Crippen LogP) is 3.78. The van der Waals surface area contributed by atoms with E-state index in [0.717, 1.165) is 6.07 Å². The van der Waals surface area contributed by atoms with Gasteiger partial charge < -0.3 is 5.01 Å². The third-order valence-corrected chi connectivity index (χ3v) is 2.64. The van der Waals surface area contributed by atoms with Crippen molar-refractivity contribution in [1.82, 2.24) is 5.01 Å². The second-order valence-corrected chi connectivity index (χ2v) is 4.28. The minimum atomic E-state index is -4.38. The van der Waals surface area contributed by atoms with E-state index in [-0.39, 0.29) is 12.1 Å². The molecule has 0 radical (unpaired) electrons. The molecule has 0 spiro atoms. The van der Waals surface area contributed by atoms with Crippen molar-refractivity contribution < 1.29 is 13.2 Å². The Morgan fingerprint density at radius 3 is 2.58 bits per heavy atom. The van der Waals surface area contributed by atoms with E-state index in [4.69, 9.17) is 5.84 Å². The third-order valence-electron chi connectivity index (χ3n) is 2.64. The summed E-state index contributed by atoms with van der Waals surface area (Å²) in [6.45, 7) is 7.05. The largest absolute Gasteiger partial charge is 0.416 e. The fourth-order valence-electron chi connectivity index (χ4n) is 1.67. The first-order valence-corrected chi connectivity index (χ1v) is 5.76. The van der Waals surface area contributed by atoms with Crippen molar-refractivity contribution in [3.05, 3.63) is 59.3 Å². The van der Waals surface area contributed by atoms with Crippen LogP contribution >= 0.6 is 0 Å². The van der Waals surface area contributed by atoms with Crippen molar-refractivity contribution in [3.63, 3.8) is 0 Å². The summed E-state index contributed by atoms with van der Waals surface area (Å²) in [5, 5.41) is 1.19. The van der Waals surface area contributed by atoms with Gasteiger partial charge in [0.25, 0.3) is 0 Å². The molecule has 0 saturated heterocycles. The van der Waals surface area contributed by atoms with Crippen molar-refractivity contribution in [2.75, 3.05) is 0 Å². The SMILES string of the molecule is C=C(/C=C\C)N(N)Cc1ccc(C)cc1C(F)(F)F. The Morgan fingerprint density at radius 2 is 2.05 bits per heavy atom. The molecule has 1 aromatic carbocycles. The Hall–Kier alpha value is -1.75. The van der Waals surface area contributed by atoms with E-state index >= 15 is 0 Å². The molecule has 0 heterocycles. The molecule has 1 aromatic rings. The number of rotatable bonds is 4. The third kappa shape index (κ3) is 4.13. The summed E-state index contributed by atoms with van der Waals surface area (Å²) in [5.74, 6) is 5.70. The first-order chi connectivity index (χ1) is 8.75. The number of hydrazine groups is 1. The van der Waals surface area contributed by atoms with Crippen LogP contribution in [0.5, 0.6) is 0 Å². The lowest BCUT2D eigenvalue weighted by Gasteiger charge is -2.21. The van der Waals surface area contributed by atoms with Gasteiger partial charge in [-0.1, -0.05) is 30.4 Å². The Morgan fingerprint density at radius 1 is 1.42 bits per heavy atom. The number of nitrogens with zero attached hydrogens (tertiary/aromatic N) is 1. The summed E-state index contributed by atoms with van der Waals surface area (Å²) in [7, 11) is 0. The Labute approximate surface area is 111 Å². The molecule has 0 amide bonds. The average molecular weight is 270 g/mol. The minimum absolute atomic E-state index is 0.0434. The maximum absolute atomic E-state index is 12.9. The van der Waals surface area contributed by atoms with Crippen LogP contribution in [0, 0.1) is 6.92 Å². The molecule has 0 unspecified atom stereocenters. The zero-order chi connectivity index (χ0) is 14.6. The van der Waals surface area contributed by atoms with Crippen molar-refractivity contribution in [3.8, 4) is 0 Å². The average Bonchev–Trinajstić information content (AvgIpc) is 2.30. The van der Waals surface area contributed by atoms with Crippen molar-refractivity contribution in [1.29, 1.82) is 0 Å². The van der Waals surface area contributed by atoms with Gasteiger partial charge in [0.05, 0.1) is 12.1 Å². The molecule has 2 nitrogen and oxygen atoms in total. The maximum atomic E-state index is 12.9. The number of halogens is 3. The number of aryl methyl sites for hydroxylation is 1. The van der Waals surface area contributed by atoms with Crippen LogP contribution in [-0.4, -0.2) is 5.01 Å². The quantitative estimate of drug-likeness (QED) is 0.512. The van der Waals surface area contributed by atoms with Crippen LogP contribution in [0.3, 0.4) is 0 Å². The van der Waals surface area contributed by atoms with E-state index in [0.29, 0.717) is 11.3 Å². The van der Waals surface area contributed by atoms with Crippen LogP contribution in [0.4, 0.5) is 13.2 Å². The van der Waals surface area contributed by atoms with Crippen molar-refractivity contribution in [2.24, 2.45) is 5.84 Å². The molecular weight excluding hydrogens is 253 g/mol. The van der Waals surface area contributed by atoms with Gasteiger partial charge in [0, 0.05) is 5.70 Å². The Kier molecular flexibility index (Phi) is 4.78. The van der Waals surface area contributed by atoms with Gasteiger partial charge >= 0.3 is 6.18 Å². The molecule has 1 rings (SSSR count). The molecule has 104 valence electrons. The van der Waals surface area contributed by atoms with E-state index in [1.807, 2.05) is 0 Å². The second-order valence-electron chi connectivity index (χ2n) is 4.28. The molecule has 19 heavy (non-hydrogen) atoms. The Bertz CT molecular complexity index is 490. The molecule has 0 aliphatic rings. The molecule has 0 aliphatic carbocycles. The maximum Gasteiger partial charge on any atom is 0.416 e. The molecule has 0 bridgehead atoms. The molecule has 0 fully saturated rings. The summed E-state index contributed by atoms with van der Waals surface area (Å²) in [6, 6.07) is 4.21. The minimum Gasteiger partial charge on any atom is -0.307 e. The first kappa shape index (κ1) is 15.3. The van der Waals surface area contributed by atoms with Gasteiger partial charge in [-0.3, -0.25) is 0 Å². The fourth-order valence-corrected chi connectivity index (χ4v) is 1.67. The van der Waals surface area contributed by atoms with Gasteiger partial charge in [0.15, 0.2) is 0 Å². The van der Waals surface area contributed by atoms with Gasteiger partial charge in [-0.15, -0.1) is 0 Å². The van der Waals surface area contributed by atoms with E-state index in [1.54, 1.807) is 32.1 Å². The summed E-state index contributed by atoms with van der Waals surface area (Å²) in [4.78, 5) is 0. The number of alkyl halides is 3. The van der Waals surface area contributed by atoms with Crippen LogP contribution in [-0.2, 0) is 12.7 Å². The number of nitrogens with two attached hydrogens (primary N) is 1. The van der Waals surface area contributed by atoms with Crippen molar-refractivity contribution in [2.45, 2.75) is 26.6 Å². The van der Waals surface area contributed by atoms with E-state index in [9.17, 15) is 13.2 Å². The van der Waals surface area contributed by atoms with Gasteiger partial charge in [-0.2, -0.15) is 13.2 Å². The highest BCUT2D eigenvalue weighted by molar-refractivity contribution is 5.34. The van der Waals surface area contributed by atoms with Crippen molar-refractivity contribution >= 4 is 0 Å². The summed E-state index contributed by atoms with van der Waals surface area (Å²) in [5.41, 5.74) is 0.491. The van der Waals surface area contributed by atoms with E-state index < -0.39 is 11.7 Å². The number of benzene rings is 1. The molecule has 0 aromatic heterocycles. The molecule has 0 saturated carbocycles. The Balaban J connectivity index is 3.05. The highest BCUT2D eigenvalue weighted by atomic mass is 19.4. The zero-order valence-electron chi connectivity index (χ0n) is 11.0. The summed E-state index contributed by atoms with van der Waals surface area (Å²) < 4.78 is 38.8. The lowest BCUT2D eigenvalue weighted by molar-refractivity contribution is -0.138. The number of hydrogen-bond acceptors (Lipinski definition) is 2. The number of allylic oxidation sites excluding steroid dienone is 2. The first-order valence-electron chi connectivity index (χ1n) is 5.76. The standard InChI is InChI=1S/C14H17F3N2/c1-4-5-11(3)19(18)9-12-7-6-10(2)8-13(12)14(15,16)17/h4-8H,3,9,18H2,1-2H3/b5-4-. The lowest BCUT2D eigenvalue weighted by Crippen LogP contribution is -2.29. The molecule has 2 N–H and O–H groups in total. The fraction of sp³-hybridized carbons (Fsp3) is 0.286. The molecule has 0 aliphatic heterocycles. The van der Waals surface area contributed by atoms with Crippen LogP contribution < -0.4 is 5.84 Å². The van der Waals surface area contributed by atoms with E-state index in [1.165, 1.54) is 11.1 Å². The highest BCUT2D eigenvalue weighted by Gasteiger charge is 2.33. The highest BCUT2D eigenvalue weighted by Crippen LogP contribution is 2.33. The summed E-state index contributed by atoms with van der Waals surface area (Å²) >= 11 is 0. The van der Waals surface area contributed by atoms with Crippen LogP contribution in [0.15, 0.2) is 42.6 Å². The number of hydrogen-bond donors (Lipinski definition) is 1. The molecular formula is C14H17F3N2. The van der Waals surface area contributed by atoms with Gasteiger partial charge in [-0.25, -0.2) is 5.84 Å². The topological polar surface area (TPSA) is 29.3 Å². The normalized spacial score (nSPS) is 11.9. The smallest absolute Gasteiger partial charge is 0.307 e. The van der Waals surface area contributed by atoms with Gasteiger partial charge in [0.2, 0.25) is 0 Å². The van der Waals surface area contributed by atoms with E-state index in [2.05, 4.69) is 6.58 Å². The van der Waals surface area contributed by atoms with Crippen LogP contribution in [0.2, 0.25) is 0 Å². The summed E-state index contributed by atoms with van der Waals surface area (Å²) in [6.07, 6.45) is -1.02. The lowest BCUT2D eigenvalue weighted by atomic mass is 10.0. The zero-order valence-corrected chi connectivity index (χ0v) is 11.0.